The summed E-state index contributed by atoms with van der Waals surface area (Å²) in [6, 6.07) is 14.0. The molecule has 0 heterocycles. The molecular weight excluding hydrogens is 352 g/mol. The fourth-order valence-corrected chi connectivity index (χ4v) is 2.36. The standard InChI is InChI=1S/C20H23ClN2O3/c1-2-3-4-13-26-18-11-9-17(10-12-18)23-20(25)19(24)22-14-15-5-7-16(21)8-6-15/h5-12H,2-4,13-14H2,1H3,(H,22,24)(H,23,25). The smallest absolute Gasteiger partial charge is 0.313 e. The Morgan fingerprint density at radius 2 is 1.65 bits per heavy atom. The van der Waals surface area contributed by atoms with E-state index in [0.717, 1.165) is 30.6 Å². The predicted molar refractivity (Wildman–Crippen MR) is 103 cm³/mol. The fraction of sp³-hybridized carbons (Fsp3) is 0.300. The Hall–Kier alpha value is -2.53. The van der Waals surface area contributed by atoms with Gasteiger partial charge in [-0.3, -0.25) is 9.59 Å². The molecule has 0 aliphatic rings. The molecule has 0 aliphatic heterocycles. The molecule has 138 valence electrons. The second-order valence-electron chi connectivity index (χ2n) is 5.84. The lowest BCUT2D eigenvalue weighted by molar-refractivity contribution is -0.136. The van der Waals surface area contributed by atoms with E-state index < -0.39 is 11.8 Å². The maximum absolute atomic E-state index is 11.9. The molecule has 0 atom stereocenters. The molecule has 6 heteroatoms. The average molecular weight is 375 g/mol. The number of hydrogen-bond acceptors (Lipinski definition) is 3. The van der Waals surface area contributed by atoms with Crippen molar-refractivity contribution in [3.05, 3.63) is 59.1 Å². The molecule has 0 fully saturated rings. The molecule has 0 aliphatic carbocycles. The van der Waals surface area contributed by atoms with Gasteiger partial charge in [0.05, 0.1) is 6.61 Å². The van der Waals surface area contributed by atoms with Crippen molar-refractivity contribution in [2.45, 2.75) is 32.7 Å². The first kappa shape index (κ1) is 19.8. The molecule has 0 spiro atoms. The van der Waals surface area contributed by atoms with E-state index >= 15 is 0 Å². The molecule has 26 heavy (non-hydrogen) atoms. The van der Waals surface area contributed by atoms with Gasteiger partial charge in [-0.25, -0.2) is 0 Å². The highest BCUT2D eigenvalue weighted by atomic mass is 35.5. The molecule has 0 aromatic heterocycles. The van der Waals surface area contributed by atoms with Crippen LogP contribution in [0, 0.1) is 0 Å². The fourth-order valence-electron chi connectivity index (χ4n) is 2.23. The first-order chi connectivity index (χ1) is 12.6. The molecule has 0 radical (unpaired) electrons. The Morgan fingerprint density at radius 1 is 0.962 bits per heavy atom. The van der Waals surface area contributed by atoms with Crippen LogP contribution < -0.4 is 15.4 Å². The van der Waals surface area contributed by atoms with Crippen molar-refractivity contribution in [1.29, 1.82) is 0 Å². The third-order valence-corrected chi connectivity index (χ3v) is 3.95. The molecular formula is C20H23ClN2O3. The maximum atomic E-state index is 11.9. The second kappa shape index (κ2) is 10.5. The molecule has 2 aromatic carbocycles. The molecule has 0 saturated carbocycles. The third kappa shape index (κ3) is 6.76. The lowest BCUT2D eigenvalue weighted by Crippen LogP contribution is -2.34. The number of amides is 2. The molecule has 0 unspecified atom stereocenters. The Bertz CT molecular complexity index is 715. The Kier molecular flexibility index (Phi) is 7.96. The summed E-state index contributed by atoms with van der Waals surface area (Å²) in [5.74, 6) is -0.665. The van der Waals surface area contributed by atoms with Crippen LogP contribution in [0.1, 0.15) is 31.7 Å². The van der Waals surface area contributed by atoms with E-state index in [1.807, 2.05) is 0 Å². The van der Waals surface area contributed by atoms with Gasteiger partial charge in [-0.05, 0) is 48.4 Å². The van der Waals surface area contributed by atoms with E-state index in [2.05, 4.69) is 17.6 Å². The van der Waals surface area contributed by atoms with Crippen molar-refractivity contribution in [1.82, 2.24) is 5.32 Å². The second-order valence-corrected chi connectivity index (χ2v) is 6.28. The highest BCUT2D eigenvalue weighted by Crippen LogP contribution is 2.16. The van der Waals surface area contributed by atoms with Gasteiger partial charge < -0.3 is 15.4 Å². The van der Waals surface area contributed by atoms with E-state index in [1.165, 1.54) is 0 Å². The van der Waals surface area contributed by atoms with Crippen molar-refractivity contribution in [2.24, 2.45) is 0 Å². The van der Waals surface area contributed by atoms with E-state index in [9.17, 15) is 9.59 Å². The number of halogens is 1. The summed E-state index contributed by atoms with van der Waals surface area (Å²) < 4.78 is 5.61. The van der Waals surface area contributed by atoms with Gasteiger partial charge in [-0.2, -0.15) is 0 Å². The lowest BCUT2D eigenvalue weighted by Gasteiger charge is -2.09. The topological polar surface area (TPSA) is 67.4 Å². The Morgan fingerprint density at radius 3 is 2.31 bits per heavy atom. The number of rotatable bonds is 8. The van der Waals surface area contributed by atoms with Gasteiger partial charge >= 0.3 is 11.8 Å². The number of hydrogen-bond donors (Lipinski definition) is 2. The summed E-state index contributed by atoms with van der Waals surface area (Å²) in [5, 5.41) is 5.75. The van der Waals surface area contributed by atoms with Crippen molar-refractivity contribution < 1.29 is 14.3 Å². The molecule has 2 N–H and O–H groups in total. The summed E-state index contributed by atoms with van der Waals surface area (Å²) in [6.07, 6.45) is 3.30. The van der Waals surface area contributed by atoms with Crippen LogP contribution >= 0.6 is 11.6 Å². The Labute approximate surface area is 158 Å². The van der Waals surface area contributed by atoms with Crippen molar-refractivity contribution >= 4 is 29.1 Å². The minimum absolute atomic E-state index is 0.258. The van der Waals surface area contributed by atoms with Crippen LogP contribution in [0.5, 0.6) is 5.75 Å². The molecule has 2 amide bonds. The number of benzene rings is 2. The molecule has 0 bridgehead atoms. The summed E-state index contributed by atoms with van der Waals surface area (Å²) in [6.45, 7) is 3.07. The summed E-state index contributed by atoms with van der Waals surface area (Å²) in [5.41, 5.74) is 1.40. The quantitative estimate of drug-likeness (QED) is 0.538. The van der Waals surface area contributed by atoms with E-state index in [4.69, 9.17) is 16.3 Å². The Balaban J connectivity index is 1.77. The van der Waals surface area contributed by atoms with E-state index in [-0.39, 0.29) is 6.54 Å². The van der Waals surface area contributed by atoms with Crippen molar-refractivity contribution in [2.75, 3.05) is 11.9 Å². The van der Waals surface area contributed by atoms with Gasteiger partial charge in [0, 0.05) is 17.3 Å². The average Bonchev–Trinajstić information content (AvgIpc) is 2.66. The number of unbranched alkanes of at least 4 members (excludes halogenated alkanes) is 2. The summed E-state index contributed by atoms with van der Waals surface area (Å²) in [4.78, 5) is 23.8. The largest absolute Gasteiger partial charge is 0.494 e. The van der Waals surface area contributed by atoms with Gasteiger partial charge in [0.15, 0.2) is 0 Å². The van der Waals surface area contributed by atoms with Crippen LogP contribution in [-0.2, 0) is 16.1 Å². The first-order valence-corrected chi connectivity index (χ1v) is 9.02. The van der Waals surface area contributed by atoms with E-state index in [0.29, 0.717) is 17.3 Å². The molecule has 0 saturated heterocycles. The zero-order valence-electron chi connectivity index (χ0n) is 14.8. The third-order valence-electron chi connectivity index (χ3n) is 3.70. The highest BCUT2D eigenvalue weighted by molar-refractivity contribution is 6.39. The minimum atomic E-state index is -0.712. The van der Waals surface area contributed by atoms with Crippen LogP contribution in [0.3, 0.4) is 0 Å². The predicted octanol–water partition coefficient (Wildman–Crippen LogP) is 4.16. The highest BCUT2D eigenvalue weighted by Gasteiger charge is 2.13. The van der Waals surface area contributed by atoms with E-state index in [1.54, 1.807) is 48.5 Å². The SMILES string of the molecule is CCCCCOc1ccc(NC(=O)C(=O)NCc2ccc(Cl)cc2)cc1. The van der Waals surface area contributed by atoms with Crippen LogP contribution in [0.4, 0.5) is 5.69 Å². The van der Waals surface area contributed by atoms with Crippen LogP contribution in [0.15, 0.2) is 48.5 Å². The number of carbonyl (C=O) groups is 2. The normalized spacial score (nSPS) is 10.2. The number of carbonyl (C=O) groups excluding carboxylic acids is 2. The zero-order chi connectivity index (χ0) is 18.8. The molecule has 2 aromatic rings. The van der Waals surface area contributed by atoms with Gasteiger partial charge in [-0.15, -0.1) is 0 Å². The molecule has 2 rings (SSSR count). The van der Waals surface area contributed by atoms with Crippen molar-refractivity contribution in [3.8, 4) is 5.75 Å². The van der Waals surface area contributed by atoms with Crippen LogP contribution in [-0.4, -0.2) is 18.4 Å². The van der Waals surface area contributed by atoms with Gasteiger partial charge in [0.2, 0.25) is 0 Å². The van der Waals surface area contributed by atoms with Gasteiger partial charge in [0.25, 0.3) is 0 Å². The first-order valence-electron chi connectivity index (χ1n) is 8.65. The van der Waals surface area contributed by atoms with Gasteiger partial charge in [0.1, 0.15) is 5.75 Å². The molecule has 5 nitrogen and oxygen atoms in total. The number of nitrogens with one attached hydrogen (secondary N) is 2. The maximum Gasteiger partial charge on any atom is 0.313 e. The minimum Gasteiger partial charge on any atom is -0.494 e. The summed E-state index contributed by atoms with van der Waals surface area (Å²) in [7, 11) is 0. The number of anilines is 1. The zero-order valence-corrected chi connectivity index (χ0v) is 15.5. The van der Waals surface area contributed by atoms with Gasteiger partial charge in [-0.1, -0.05) is 43.5 Å². The van der Waals surface area contributed by atoms with Crippen molar-refractivity contribution in [3.63, 3.8) is 0 Å². The number of ether oxygens (including phenoxy) is 1. The van der Waals surface area contributed by atoms with Crippen LogP contribution in [0.2, 0.25) is 5.02 Å². The summed E-state index contributed by atoms with van der Waals surface area (Å²) >= 11 is 5.81. The lowest BCUT2D eigenvalue weighted by atomic mass is 10.2. The van der Waals surface area contributed by atoms with Crippen LogP contribution in [0.25, 0.3) is 0 Å². The monoisotopic (exact) mass is 374 g/mol.